The Morgan fingerprint density at radius 1 is 1.60 bits per heavy atom. The summed E-state index contributed by atoms with van der Waals surface area (Å²) in [5, 5.41) is 0. The fraction of sp³-hybridized carbons (Fsp3) is 0.273. The molecule has 15 heavy (non-hydrogen) atoms. The predicted molar refractivity (Wildman–Crippen MR) is 56.2 cm³/mol. The Hall–Kier alpha value is -1.84. The van der Waals surface area contributed by atoms with Gasteiger partial charge in [-0.1, -0.05) is 0 Å². The molecule has 0 saturated heterocycles. The van der Waals surface area contributed by atoms with E-state index in [1.807, 2.05) is 6.92 Å². The molecule has 80 valence electrons. The number of carbonyl (C=O) groups is 1. The number of methoxy groups -OCH3 is 1. The van der Waals surface area contributed by atoms with Crippen LogP contribution in [0.3, 0.4) is 0 Å². The molecule has 0 amide bonds. The van der Waals surface area contributed by atoms with Gasteiger partial charge in [-0.05, 0) is 19.1 Å². The fourth-order valence-electron chi connectivity index (χ4n) is 1.05. The highest BCUT2D eigenvalue weighted by molar-refractivity contribution is 5.93. The Morgan fingerprint density at radius 2 is 2.40 bits per heavy atom. The molecule has 1 aromatic heterocycles. The molecule has 0 aromatic carbocycles. The first kappa shape index (κ1) is 11.2. The summed E-state index contributed by atoms with van der Waals surface area (Å²) in [6.07, 6.45) is 6.35. The van der Waals surface area contributed by atoms with Gasteiger partial charge in [-0.2, -0.15) is 0 Å². The maximum atomic E-state index is 11.3. The van der Waals surface area contributed by atoms with Gasteiger partial charge in [-0.3, -0.25) is 4.98 Å². The van der Waals surface area contributed by atoms with Crippen molar-refractivity contribution in [2.75, 3.05) is 13.7 Å². The molecule has 0 aliphatic heterocycles. The Labute approximate surface area is 88.5 Å². The van der Waals surface area contributed by atoms with Crippen LogP contribution in [-0.2, 0) is 9.47 Å². The summed E-state index contributed by atoms with van der Waals surface area (Å²) in [6, 6.07) is 1.61. The zero-order valence-electron chi connectivity index (χ0n) is 8.77. The van der Waals surface area contributed by atoms with E-state index in [4.69, 9.17) is 4.74 Å². The molecular weight excluding hydrogens is 194 g/mol. The van der Waals surface area contributed by atoms with Crippen LogP contribution in [0.4, 0.5) is 0 Å². The van der Waals surface area contributed by atoms with Crippen molar-refractivity contribution in [3.05, 3.63) is 35.8 Å². The normalized spacial score (nSPS) is 10.3. The average Bonchev–Trinajstić information content (AvgIpc) is 2.29. The molecule has 0 bridgehead atoms. The van der Waals surface area contributed by atoms with Crippen LogP contribution in [0.5, 0.6) is 0 Å². The number of aromatic nitrogens is 1. The van der Waals surface area contributed by atoms with E-state index in [0.29, 0.717) is 17.7 Å². The molecule has 0 fully saturated rings. The first-order valence-corrected chi connectivity index (χ1v) is 4.60. The zero-order valence-corrected chi connectivity index (χ0v) is 8.77. The van der Waals surface area contributed by atoms with Crippen LogP contribution in [0, 0.1) is 0 Å². The third-order valence-corrected chi connectivity index (χ3v) is 1.77. The molecule has 1 aromatic rings. The summed E-state index contributed by atoms with van der Waals surface area (Å²) in [7, 11) is 1.35. The standard InChI is InChI=1S/C11H13NO3/c1-3-15-7-5-9-8-12-6-4-10(9)11(13)14-2/h4-8H,3H2,1-2H3/b7-5+. The third-order valence-electron chi connectivity index (χ3n) is 1.77. The molecule has 0 N–H and O–H groups in total. The molecule has 1 heterocycles. The van der Waals surface area contributed by atoms with Gasteiger partial charge in [-0.15, -0.1) is 0 Å². The summed E-state index contributed by atoms with van der Waals surface area (Å²) in [6.45, 7) is 2.47. The van der Waals surface area contributed by atoms with E-state index < -0.39 is 0 Å². The number of pyridine rings is 1. The van der Waals surface area contributed by atoms with Gasteiger partial charge in [-0.25, -0.2) is 4.79 Å². The maximum absolute atomic E-state index is 11.3. The van der Waals surface area contributed by atoms with Crippen molar-refractivity contribution in [2.24, 2.45) is 0 Å². The second-order valence-electron chi connectivity index (χ2n) is 2.71. The van der Waals surface area contributed by atoms with Crippen molar-refractivity contribution in [3.63, 3.8) is 0 Å². The lowest BCUT2D eigenvalue weighted by atomic mass is 10.1. The Kier molecular flexibility index (Phi) is 4.34. The van der Waals surface area contributed by atoms with Crippen LogP contribution in [0.2, 0.25) is 0 Å². The number of esters is 1. The zero-order chi connectivity index (χ0) is 11.1. The van der Waals surface area contributed by atoms with E-state index >= 15 is 0 Å². The van der Waals surface area contributed by atoms with Gasteiger partial charge in [0.25, 0.3) is 0 Å². The molecule has 0 saturated carbocycles. The Bertz CT molecular complexity index is 361. The molecule has 4 nitrogen and oxygen atoms in total. The summed E-state index contributed by atoms with van der Waals surface area (Å²) in [5.41, 5.74) is 1.15. The highest BCUT2D eigenvalue weighted by Gasteiger charge is 2.08. The lowest BCUT2D eigenvalue weighted by Crippen LogP contribution is -2.03. The summed E-state index contributed by atoms with van der Waals surface area (Å²) >= 11 is 0. The minimum Gasteiger partial charge on any atom is -0.501 e. The largest absolute Gasteiger partial charge is 0.501 e. The molecule has 0 aliphatic carbocycles. The van der Waals surface area contributed by atoms with E-state index in [0.717, 1.165) is 0 Å². The van der Waals surface area contributed by atoms with Crippen LogP contribution < -0.4 is 0 Å². The molecular formula is C11H13NO3. The van der Waals surface area contributed by atoms with E-state index in [-0.39, 0.29) is 5.97 Å². The van der Waals surface area contributed by atoms with Crippen molar-refractivity contribution in [1.29, 1.82) is 0 Å². The fourth-order valence-corrected chi connectivity index (χ4v) is 1.05. The SMILES string of the molecule is CCO/C=C/c1cnccc1C(=O)OC. The number of carbonyl (C=O) groups excluding carboxylic acids is 1. The van der Waals surface area contributed by atoms with Gasteiger partial charge in [0.1, 0.15) is 0 Å². The highest BCUT2D eigenvalue weighted by Crippen LogP contribution is 2.10. The van der Waals surface area contributed by atoms with Gasteiger partial charge < -0.3 is 9.47 Å². The molecule has 0 aliphatic rings. The average molecular weight is 207 g/mol. The van der Waals surface area contributed by atoms with Crippen molar-refractivity contribution in [2.45, 2.75) is 6.92 Å². The van der Waals surface area contributed by atoms with E-state index in [2.05, 4.69) is 9.72 Å². The number of nitrogens with zero attached hydrogens (tertiary/aromatic N) is 1. The van der Waals surface area contributed by atoms with Gasteiger partial charge in [0.05, 0.1) is 25.5 Å². The minimum absolute atomic E-state index is 0.381. The highest BCUT2D eigenvalue weighted by atomic mass is 16.5. The molecule has 0 atom stereocenters. The predicted octanol–water partition coefficient (Wildman–Crippen LogP) is 1.88. The van der Waals surface area contributed by atoms with Crippen LogP contribution in [0.25, 0.3) is 6.08 Å². The quantitative estimate of drug-likeness (QED) is 0.558. The second kappa shape index (κ2) is 5.80. The number of hydrogen-bond donors (Lipinski definition) is 0. The van der Waals surface area contributed by atoms with Gasteiger partial charge in [0.2, 0.25) is 0 Å². The van der Waals surface area contributed by atoms with E-state index in [9.17, 15) is 4.79 Å². The summed E-state index contributed by atoms with van der Waals surface area (Å²) < 4.78 is 9.69. The minimum atomic E-state index is -0.381. The molecule has 0 spiro atoms. The van der Waals surface area contributed by atoms with Gasteiger partial charge in [0, 0.05) is 18.0 Å². The molecule has 1 rings (SSSR count). The monoisotopic (exact) mass is 207 g/mol. The topological polar surface area (TPSA) is 48.4 Å². The van der Waals surface area contributed by atoms with Crippen LogP contribution in [-0.4, -0.2) is 24.7 Å². The third kappa shape index (κ3) is 3.09. The Morgan fingerprint density at radius 3 is 3.07 bits per heavy atom. The van der Waals surface area contributed by atoms with Crippen molar-refractivity contribution in [3.8, 4) is 0 Å². The van der Waals surface area contributed by atoms with Crippen LogP contribution in [0.15, 0.2) is 24.7 Å². The number of hydrogen-bond acceptors (Lipinski definition) is 4. The summed E-state index contributed by atoms with van der Waals surface area (Å²) in [5.74, 6) is -0.381. The van der Waals surface area contributed by atoms with Crippen molar-refractivity contribution >= 4 is 12.0 Å². The van der Waals surface area contributed by atoms with E-state index in [1.54, 1.807) is 24.5 Å². The molecule has 4 heteroatoms. The van der Waals surface area contributed by atoms with Crippen LogP contribution in [0.1, 0.15) is 22.8 Å². The number of ether oxygens (including phenoxy) is 2. The number of rotatable bonds is 4. The van der Waals surface area contributed by atoms with E-state index in [1.165, 1.54) is 13.4 Å². The molecule has 0 unspecified atom stereocenters. The van der Waals surface area contributed by atoms with Crippen LogP contribution >= 0.6 is 0 Å². The maximum Gasteiger partial charge on any atom is 0.338 e. The lowest BCUT2D eigenvalue weighted by molar-refractivity contribution is 0.0600. The van der Waals surface area contributed by atoms with Gasteiger partial charge >= 0.3 is 5.97 Å². The second-order valence-corrected chi connectivity index (χ2v) is 2.71. The Balaban J connectivity index is 2.91. The first-order chi connectivity index (χ1) is 7.29. The smallest absolute Gasteiger partial charge is 0.338 e. The summed E-state index contributed by atoms with van der Waals surface area (Å²) in [4.78, 5) is 15.3. The first-order valence-electron chi connectivity index (χ1n) is 4.60. The molecule has 0 radical (unpaired) electrons. The van der Waals surface area contributed by atoms with Crippen molar-refractivity contribution in [1.82, 2.24) is 4.98 Å². The lowest BCUT2D eigenvalue weighted by Gasteiger charge is -2.02. The van der Waals surface area contributed by atoms with Crippen molar-refractivity contribution < 1.29 is 14.3 Å². The van der Waals surface area contributed by atoms with Gasteiger partial charge in [0.15, 0.2) is 0 Å².